The molecule has 1 rings (SSSR count). The number of hydrogen-bond donors (Lipinski definition) is 0. The van der Waals surface area contributed by atoms with E-state index in [9.17, 15) is 0 Å². The largest absolute Gasteiger partial charge is 0.353 e. The SMILES string of the molecule is CCC(C)OC1CCCCO1. The summed E-state index contributed by atoms with van der Waals surface area (Å²) < 4.78 is 11.0. The fourth-order valence-corrected chi connectivity index (χ4v) is 1.17. The minimum Gasteiger partial charge on any atom is -0.353 e. The molecule has 0 amide bonds. The Morgan fingerprint density at radius 3 is 2.91 bits per heavy atom. The zero-order valence-corrected chi connectivity index (χ0v) is 7.51. The maximum atomic E-state index is 5.62. The van der Waals surface area contributed by atoms with Crippen LogP contribution in [0.3, 0.4) is 0 Å². The van der Waals surface area contributed by atoms with Gasteiger partial charge in [-0.25, -0.2) is 0 Å². The van der Waals surface area contributed by atoms with Crippen LogP contribution in [0.25, 0.3) is 0 Å². The maximum absolute atomic E-state index is 5.62. The van der Waals surface area contributed by atoms with Crippen LogP contribution in [0.5, 0.6) is 0 Å². The molecule has 66 valence electrons. The number of ether oxygens (including phenoxy) is 2. The van der Waals surface area contributed by atoms with Crippen molar-refractivity contribution < 1.29 is 9.47 Å². The smallest absolute Gasteiger partial charge is 0.157 e. The molecule has 0 radical (unpaired) electrons. The van der Waals surface area contributed by atoms with Crippen molar-refractivity contribution in [3.63, 3.8) is 0 Å². The Balaban J connectivity index is 2.13. The molecule has 0 saturated carbocycles. The van der Waals surface area contributed by atoms with Gasteiger partial charge >= 0.3 is 0 Å². The lowest BCUT2D eigenvalue weighted by Gasteiger charge is -2.25. The summed E-state index contributed by atoms with van der Waals surface area (Å²) in [6, 6.07) is 0. The third-order valence-electron chi connectivity index (χ3n) is 2.10. The highest BCUT2D eigenvalue weighted by Gasteiger charge is 2.15. The first-order chi connectivity index (χ1) is 5.33. The minimum absolute atomic E-state index is 0.0821. The molecule has 1 aliphatic rings. The predicted octanol–water partition coefficient (Wildman–Crippen LogP) is 2.33. The van der Waals surface area contributed by atoms with Crippen molar-refractivity contribution in [3.05, 3.63) is 0 Å². The summed E-state index contributed by atoms with van der Waals surface area (Å²) >= 11 is 0. The second-order valence-corrected chi connectivity index (χ2v) is 3.15. The summed E-state index contributed by atoms with van der Waals surface area (Å²) in [4.78, 5) is 0. The van der Waals surface area contributed by atoms with Gasteiger partial charge in [-0.2, -0.15) is 0 Å². The third-order valence-corrected chi connectivity index (χ3v) is 2.10. The highest BCUT2D eigenvalue weighted by atomic mass is 16.7. The van der Waals surface area contributed by atoms with Gasteiger partial charge < -0.3 is 9.47 Å². The second-order valence-electron chi connectivity index (χ2n) is 3.15. The van der Waals surface area contributed by atoms with Crippen molar-refractivity contribution in [2.24, 2.45) is 0 Å². The van der Waals surface area contributed by atoms with Gasteiger partial charge in [-0.1, -0.05) is 6.92 Å². The topological polar surface area (TPSA) is 18.5 Å². The van der Waals surface area contributed by atoms with Crippen molar-refractivity contribution in [2.45, 2.75) is 51.9 Å². The van der Waals surface area contributed by atoms with Crippen LogP contribution in [0, 0.1) is 0 Å². The van der Waals surface area contributed by atoms with Gasteiger partial charge in [0.25, 0.3) is 0 Å². The Morgan fingerprint density at radius 1 is 1.55 bits per heavy atom. The molecule has 0 spiro atoms. The van der Waals surface area contributed by atoms with E-state index in [4.69, 9.17) is 9.47 Å². The minimum atomic E-state index is 0.0821. The molecule has 1 fully saturated rings. The van der Waals surface area contributed by atoms with Gasteiger partial charge in [-0.3, -0.25) is 0 Å². The molecule has 0 bridgehead atoms. The number of hydrogen-bond acceptors (Lipinski definition) is 2. The molecule has 0 aromatic heterocycles. The summed E-state index contributed by atoms with van der Waals surface area (Å²) in [5.74, 6) is 0. The maximum Gasteiger partial charge on any atom is 0.157 e. The van der Waals surface area contributed by atoms with Crippen molar-refractivity contribution in [1.29, 1.82) is 0 Å². The summed E-state index contributed by atoms with van der Waals surface area (Å²) in [5.41, 5.74) is 0. The lowest BCUT2D eigenvalue weighted by molar-refractivity contribution is -0.184. The van der Waals surface area contributed by atoms with Crippen molar-refractivity contribution >= 4 is 0 Å². The van der Waals surface area contributed by atoms with E-state index in [0.29, 0.717) is 6.10 Å². The van der Waals surface area contributed by atoms with Crippen molar-refractivity contribution in [1.82, 2.24) is 0 Å². The molecule has 1 aliphatic heterocycles. The highest BCUT2D eigenvalue weighted by Crippen LogP contribution is 2.15. The van der Waals surface area contributed by atoms with Gasteiger partial charge in [0, 0.05) is 6.61 Å². The summed E-state index contributed by atoms with van der Waals surface area (Å²) in [6.45, 7) is 5.10. The zero-order chi connectivity index (χ0) is 8.10. The first kappa shape index (κ1) is 9.01. The fraction of sp³-hybridized carbons (Fsp3) is 1.00. The second kappa shape index (κ2) is 4.73. The monoisotopic (exact) mass is 158 g/mol. The van der Waals surface area contributed by atoms with Crippen LogP contribution in [-0.2, 0) is 9.47 Å². The molecule has 0 aromatic rings. The average Bonchev–Trinajstić information content (AvgIpc) is 2.06. The van der Waals surface area contributed by atoms with Gasteiger partial charge in [-0.05, 0) is 32.6 Å². The first-order valence-electron chi connectivity index (χ1n) is 4.60. The third kappa shape index (κ3) is 3.21. The van der Waals surface area contributed by atoms with E-state index >= 15 is 0 Å². The molecular formula is C9H18O2. The van der Waals surface area contributed by atoms with Crippen LogP contribution in [0.4, 0.5) is 0 Å². The van der Waals surface area contributed by atoms with Gasteiger partial charge in [0.1, 0.15) is 0 Å². The predicted molar refractivity (Wildman–Crippen MR) is 44.4 cm³/mol. The number of rotatable bonds is 3. The molecule has 0 aromatic carbocycles. The molecule has 1 saturated heterocycles. The molecular weight excluding hydrogens is 140 g/mol. The standard InChI is InChI=1S/C9H18O2/c1-3-8(2)11-9-6-4-5-7-10-9/h8-9H,3-7H2,1-2H3. The van der Waals surface area contributed by atoms with Gasteiger partial charge in [0.05, 0.1) is 6.10 Å². The molecule has 2 unspecified atom stereocenters. The van der Waals surface area contributed by atoms with Gasteiger partial charge in [0.2, 0.25) is 0 Å². The van der Waals surface area contributed by atoms with Crippen LogP contribution >= 0.6 is 0 Å². The Labute approximate surface area is 68.9 Å². The Bertz CT molecular complexity index is 97.7. The molecule has 11 heavy (non-hydrogen) atoms. The van der Waals surface area contributed by atoms with Gasteiger partial charge in [-0.15, -0.1) is 0 Å². The Hall–Kier alpha value is -0.0800. The van der Waals surface area contributed by atoms with E-state index in [-0.39, 0.29) is 6.29 Å². The molecule has 2 heteroatoms. The van der Waals surface area contributed by atoms with E-state index in [0.717, 1.165) is 19.4 Å². The summed E-state index contributed by atoms with van der Waals surface area (Å²) in [7, 11) is 0. The molecule has 0 N–H and O–H groups in total. The molecule has 1 heterocycles. The Morgan fingerprint density at radius 2 is 2.36 bits per heavy atom. The van der Waals surface area contributed by atoms with Crippen LogP contribution in [0.1, 0.15) is 39.5 Å². The quantitative estimate of drug-likeness (QED) is 0.627. The van der Waals surface area contributed by atoms with Crippen molar-refractivity contribution in [2.75, 3.05) is 6.61 Å². The fourth-order valence-electron chi connectivity index (χ4n) is 1.17. The lowest BCUT2D eigenvalue weighted by Crippen LogP contribution is -2.26. The molecule has 0 aliphatic carbocycles. The van der Waals surface area contributed by atoms with E-state index in [1.165, 1.54) is 12.8 Å². The van der Waals surface area contributed by atoms with Crippen molar-refractivity contribution in [3.8, 4) is 0 Å². The normalized spacial score (nSPS) is 28.4. The van der Waals surface area contributed by atoms with Crippen LogP contribution in [0.15, 0.2) is 0 Å². The lowest BCUT2D eigenvalue weighted by atomic mass is 10.2. The zero-order valence-electron chi connectivity index (χ0n) is 7.51. The van der Waals surface area contributed by atoms with Gasteiger partial charge in [0.15, 0.2) is 6.29 Å². The van der Waals surface area contributed by atoms with Crippen LogP contribution in [-0.4, -0.2) is 19.0 Å². The summed E-state index contributed by atoms with van der Waals surface area (Å²) in [5, 5.41) is 0. The summed E-state index contributed by atoms with van der Waals surface area (Å²) in [6.07, 6.45) is 5.02. The Kier molecular flexibility index (Phi) is 3.87. The van der Waals surface area contributed by atoms with E-state index in [1.807, 2.05) is 0 Å². The van der Waals surface area contributed by atoms with E-state index in [2.05, 4.69) is 13.8 Å². The van der Waals surface area contributed by atoms with E-state index in [1.54, 1.807) is 0 Å². The van der Waals surface area contributed by atoms with E-state index < -0.39 is 0 Å². The molecule has 2 atom stereocenters. The highest BCUT2D eigenvalue weighted by molar-refractivity contribution is 4.56. The van der Waals surface area contributed by atoms with Crippen LogP contribution in [0.2, 0.25) is 0 Å². The first-order valence-corrected chi connectivity index (χ1v) is 4.60. The average molecular weight is 158 g/mol. The molecule has 2 nitrogen and oxygen atoms in total. The van der Waals surface area contributed by atoms with Crippen LogP contribution < -0.4 is 0 Å².